The van der Waals surface area contributed by atoms with Gasteiger partial charge in [0, 0.05) is 0 Å². The molecule has 28 heavy (non-hydrogen) atoms. The molecule has 0 radical (unpaired) electrons. The topological polar surface area (TPSA) is 66.3 Å². The number of hydrogen-bond acceptors (Lipinski definition) is 6. The predicted molar refractivity (Wildman–Crippen MR) is 97.8 cm³/mol. The van der Waals surface area contributed by atoms with Gasteiger partial charge < -0.3 is 18.9 Å². The van der Waals surface area contributed by atoms with E-state index < -0.39 is 12.6 Å². The number of esters is 1. The second-order valence-corrected chi connectivity index (χ2v) is 5.55. The third kappa shape index (κ3) is 4.28. The molecule has 0 bridgehead atoms. The quantitative estimate of drug-likeness (QED) is 0.528. The number of benzene rings is 2. The summed E-state index contributed by atoms with van der Waals surface area (Å²) in [5.74, 6) is 0.140. The van der Waals surface area contributed by atoms with Gasteiger partial charge in [-0.1, -0.05) is 18.2 Å². The highest BCUT2D eigenvalue weighted by molar-refractivity contribution is 6.13. The van der Waals surface area contributed by atoms with Crippen LogP contribution in [0.15, 0.2) is 53.2 Å². The first-order valence-corrected chi connectivity index (χ1v) is 8.39. The van der Waals surface area contributed by atoms with Crippen LogP contribution in [0.2, 0.25) is 0 Å². The molecular weight excluding hydrogens is 372 g/mol. The first kappa shape index (κ1) is 19.3. The molecule has 0 saturated heterocycles. The molecule has 0 atom stereocenters. The molecule has 1 heterocycles. The van der Waals surface area contributed by atoms with Crippen molar-refractivity contribution in [1.29, 1.82) is 0 Å². The molecule has 0 unspecified atom stereocenters. The van der Waals surface area contributed by atoms with Gasteiger partial charge in [-0.3, -0.25) is 0 Å². The number of ether oxygens (including phenoxy) is 4. The third-order valence-corrected chi connectivity index (χ3v) is 3.74. The van der Waals surface area contributed by atoms with Crippen LogP contribution in [-0.4, -0.2) is 32.2 Å². The summed E-state index contributed by atoms with van der Waals surface area (Å²) in [6.45, 7) is -0.721. The van der Waals surface area contributed by atoms with Crippen LogP contribution >= 0.6 is 0 Å². The zero-order valence-corrected chi connectivity index (χ0v) is 15.1. The van der Waals surface area contributed by atoms with E-state index in [1.54, 1.807) is 24.3 Å². The lowest BCUT2D eigenvalue weighted by atomic mass is 10.1. The van der Waals surface area contributed by atoms with E-state index in [4.69, 9.17) is 14.2 Å². The fourth-order valence-electron chi connectivity index (χ4n) is 2.58. The number of carbonyl (C=O) groups is 1. The normalized spacial score (nSPS) is 14.8. The van der Waals surface area contributed by atoms with Gasteiger partial charge in [0.2, 0.25) is 5.90 Å². The predicted octanol–water partition coefficient (Wildman–Crippen LogP) is 4.04. The van der Waals surface area contributed by atoms with Crippen molar-refractivity contribution in [3.05, 3.63) is 59.3 Å². The first-order valence-electron chi connectivity index (χ1n) is 8.39. The molecule has 0 fully saturated rings. The number of halogens is 2. The Hall–Kier alpha value is -3.42. The molecular formula is C20H17F2NO5. The number of para-hydroxylation sites is 1. The lowest BCUT2D eigenvalue weighted by molar-refractivity contribution is -0.129. The lowest BCUT2D eigenvalue weighted by Gasteiger charge is -2.09. The average molecular weight is 389 g/mol. The molecule has 146 valence electrons. The van der Waals surface area contributed by atoms with Crippen molar-refractivity contribution in [3.8, 4) is 17.2 Å². The van der Waals surface area contributed by atoms with E-state index in [1.807, 2.05) is 6.92 Å². The molecule has 6 nitrogen and oxygen atoms in total. The molecule has 8 heteroatoms. The fraction of sp³-hybridized carbons (Fsp3) is 0.200. The van der Waals surface area contributed by atoms with Crippen LogP contribution in [0.25, 0.3) is 6.08 Å². The highest BCUT2D eigenvalue weighted by Crippen LogP contribution is 2.30. The third-order valence-electron chi connectivity index (χ3n) is 3.74. The van der Waals surface area contributed by atoms with Gasteiger partial charge in [-0.25, -0.2) is 9.79 Å². The minimum absolute atomic E-state index is 0.0227. The Bertz CT molecular complexity index is 940. The summed E-state index contributed by atoms with van der Waals surface area (Å²) in [5, 5.41) is 0. The van der Waals surface area contributed by atoms with Crippen molar-refractivity contribution in [1.82, 2.24) is 0 Å². The van der Waals surface area contributed by atoms with E-state index in [0.29, 0.717) is 23.7 Å². The van der Waals surface area contributed by atoms with E-state index in [2.05, 4.69) is 9.73 Å². The molecule has 2 aromatic rings. The molecule has 0 aromatic heterocycles. The van der Waals surface area contributed by atoms with Gasteiger partial charge in [0.25, 0.3) is 0 Å². The Kier molecular flexibility index (Phi) is 5.88. The van der Waals surface area contributed by atoms with Crippen LogP contribution in [0.5, 0.6) is 17.2 Å². The van der Waals surface area contributed by atoms with Crippen molar-refractivity contribution in [3.63, 3.8) is 0 Å². The lowest BCUT2D eigenvalue weighted by Crippen LogP contribution is -2.10. The highest BCUT2D eigenvalue weighted by Gasteiger charge is 2.27. The zero-order chi connectivity index (χ0) is 20.1. The number of rotatable bonds is 7. The van der Waals surface area contributed by atoms with Gasteiger partial charge in [0.05, 0.1) is 19.3 Å². The number of cyclic esters (lactones) is 1. The second-order valence-electron chi connectivity index (χ2n) is 5.55. The molecule has 1 aliphatic rings. The minimum Gasteiger partial charge on any atom is -0.493 e. The van der Waals surface area contributed by atoms with Crippen molar-refractivity contribution in [2.24, 2.45) is 4.99 Å². The van der Waals surface area contributed by atoms with Gasteiger partial charge in [-0.2, -0.15) is 8.78 Å². The molecule has 3 rings (SSSR count). The van der Waals surface area contributed by atoms with Crippen LogP contribution in [-0.2, 0) is 9.53 Å². The molecule has 0 aliphatic carbocycles. The van der Waals surface area contributed by atoms with Gasteiger partial charge in [0.15, 0.2) is 17.2 Å². The summed E-state index contributed by atoms with van der Waals surface area (Å²) in [7, 11) is 1.53. The highest BCUT2D eigenvalue weighted by atomic mass is 19.3. The van der Waals surface area contributed by atoms with Gasteiger partial charge in [-0.05, 0) is 42.8 Å². The Morgan fingerprint density at radius 3 is 2.64 bits per heavy atom. The van der Waals surface area contributed by atoms with Crippen molar-refractivity contribution >= 4 is 17.9 Å². The Morgan fingerprint density at radius 1 is 1.14 bits per heavy atom. The summed E-state index contributed by atoms with van der Waals surface area (Å²) in [5.41, 5.74) is 0.817. The minimum atomic E-state index is -3.01. The van der Waals surface area contributed by atoms with Gasteiger partial charge in [-0.15, -0.1) is 0 Å². The van der Waals surface area contributed by atoms with Crippen molar-refractivity contribution in [2.45, 2.75) is 13.5 Å². The monoisotopic (exact) mass is 389 g/mol. The van der Waals surface area contributed by atoms with E-state index in [-0.39, 0.29) is 22.9 Å². The van der Waals surface area contributed by atoms with E-state index in [1.165, 1.54) is 31.4 Å². The maximum Gasteiger partial charge on any atom is 0.387 e. The van der Waals surface area contributed by atoms with Crippen LogP contribution in [0.3, 0.4) is 0 Å². The van der Waals surface area contributed by atoms with Crippen molar-refractivity contribution < 1.29 is 32.5 Å². The molecule has 0 amide bonds. The first-order chi connectivity index (χ1) is 13.5. The molecule has 0 N–H and O–H groups in total. The average Bonchev–Trinajstić information content (AvgIpc) is 3.02. The van der Waals surface area contributed by atoms with Crippen LogP contribution in [0.4, 0.5) is 8.78 Å². The van der Waals surface area contributed by atoms with Gasteiger partial charge in [0.1, 0.15) is 5.75 Å². The van der Waals surface area contributed by atoms with Crippen LogP contribution in [0, 0.1) is 0 Å². The molecule has 1 aliphatic heterocycles. The Labute approximate surface area is 160 Å². The summed E-state index contributed by atoms with van der Waals surface area (Å²) >= 11 is 0. The maximum absolute atomic E-state index is 12.6. The fourth-order valence-corrected chi connectivity index (χ4v) is 2.58. The summed E-state index contributed by atoms with van der Waals surface area (Å²) in [4.78, 5) is 16.3. The number of methoxy groups -OCH3 is 1. The van der Waals surface area contributed by atoms with E-state index >= 15 is 0 Å². The maximum atomic E-state index is 12.6. The smallest absolute Gasteiger partial charge is 0.387 e. The van der Waals surface area contributed by atoms with Gasteiger partial charge >= 0.3 is 12.6 Å². The Morgan fingerprint density at radius 2 is 1.93 bits per heavy atom. The number of aliphatic imine (C=N–C) groups is 1. The zero-order valence-electron chi connectivity index (χ0n) is 15.1. The molecule has 2 aromatic carbocycles. The van der Waals surface area contributed by atoms with Crippen LogP contribution < -0.4 is 14.2 Å². The molecule has 0 saturated carbocycles. The number of carbonyl (C=O) groups excluding carboxylic acids is 1. The Balaban J connectivity index is 1.94. The standard InChI is InChI=1S/C20H17F2NO5/c1-3-26-17-11-12(8-9-16(17)25-2)10-14-19(24)28-18(23-14)13-6-4-5-7-15(13)27-20(21)22/h4-11,20H,3H2,1-2H3/b14-10-. The SMILES string of the molecule is CCOc1cc(/C=C2\N=C(c3ccccc3OC(F)F)OC2=O)ccc1OC. The number of nitrogens with zero attached hydrogens (tertiary/aromatic N) is 1. The summed E-state index contributed by atoms with van der Waals surface area (Å²) < 4.78 is 45.5. The van der Waals surface area contributed by atoms with E-state index in [0.717, 1.165) is 0 Å². The largest absolute Gasteiger partial charge is 0.493 e. The van der Waals surface area contributed by atoms with E-state index in [9.17, 15) is 13.6 Å². The second kappa shape index (κ2) is 8.51. The number of hydrogen-bond donors (Lipinski definition) is 0. The summed E-state index contributed by atoms with van der Waals surface area (Å²) in [6, 6.07) is 11.1. The molecule has 0 spiro atoms. The van der Waals surface area contributed by atoms with Crippen LogP contribution in [0.1, 0.15) is 18.1 Å². The number of alkyl halides is 2. The summed E-state index contributed by atoms with van der Waals surface area (Å²) in [6.07, 6.45) is 1.51. The van der Waals surface area contributed by atoms with Crippen molar-refractivity contribution in [2.75, 3.05) is 13.7 Å².